The second kappa shape index (κ2) is 10.1. The summed E-state index contributed by atoms with van der Waals surface area (Å²) in [6.45, 7) is 6.54. The van der Waals surface area contributed by atoms with Crippen LogP contribution < -0.4 is 5.32 Å². The summed E-state index contributed by atoms with van der Waals surface area (Å²) in [5.41, 5.74) is 7.63. The molecule has 5 nitrogen and oxygen atoms in total. The molecule has 2 aromatic rings. The number of nitrogens with one attached hydrogen (secondary N) is 1. The highest BCUT2D eigenvalue weighted by molar-refractivity contribution is 5.87. The Hall–Kier alpha value is -2.92. The minimum atomic E-state index is -0.562. The van der Waals surface area contributed by atoms with Gasteiger partial charge in [0.1, 0.15) is 0 Å². The van der Waals surface area contributed by atoms with Crippen LogP contribution in [0.5, 0.6) is 0 Å². The Morgan fingerprint density at radius 2 is 1.44 bits per heavy atom. The number of carbonyl (C=O) groups excluding carboxylic acids is 2. The molecular weight excluding hydrogens is 424 g/mol. The molecular formula is C29H36N2O3. The number of hydrogen-bond donors (Lipinski definition) is 2. The molecule has 0 bridgehead atoms. The van der Waals surface area contributed by atoms with Crippen molar-refractivity contribution in [3.05, 3.63) is 76.4 Å². The minimum Gasteiger partial charge on any atom is -0.394 e. The van der Waals surface area contributed by atoms with Crippen molar-refractivity contribution in [3.63, 3.8) is 0 Å². The number of aliphatic hydroxyl groups excluding tert-OH is 1. The molecule has 1 aliphatic heterocycles. The fourth-order valence-electron chi connectivity index (χ4n) is 4.94. The molecule has 0 saturated carbocycles. The van der Waals surface area contributed by atoms with Gasteiger partial charge in [-0.3, -0.25) is 9.59 Å². The van der Waals surface area contributed by atoms with Gasteiger partial charge < -0.3 is 15.3 Å². The molecule has 180 valence electrons. The van der Waals surface area contributed by atoms with E-state index < -0.39 is 11.5 Å². The third kappa shape index (κ3) is 5.25. The monoisotopic (exact) mass is 460 g/mol. The van der Waals surface area contributed by atoms with Gasteiger partial charge in [-0.15, -0.1) is 0 Å². The van der Waals surface area contributed by atoms with Crippen molar-refractivity contribution in [3.8, 4) is 0 Å². The Morgan fingerprint density at radius 3 is 1.94 bits per heavy atom. The molecule has 2 N–H and O–H groups in total. The Morgan fingerprint density at radius 1 is 0.912 bits per heavy atom. The van der Waals surface area contributed by atoms with Crippen LogP contribution in [0.2, 0.25) is 0 Å². The summed E-state index contributed by atoms with van der Waals surface area (Å²) < 4.78 is 0. The highest BCUT2D eigenvalue weighted by Gasteiger charge is 2.28. The molecule has 1 fully saturated rings. The Labute approximate surface area is 202 Å². The summed E-state index contributed by atoms with van der Waals surface area (Å²) in [6.07, 6.45) is 3.87. The molecule has 34 heavy (non-hydrogen) atoms. The van der Waals surface area contributed by atoms with Crippen molar-refractivity contribution in [2.24, 2.45) is 5.41 Å². The zero-order valence-electron chi connectivity index (χ0n) is 20.6. The maximum Gasteiger partial charge on any atom is 0.225 e. The zero-order valence-corrected chi connectivity index (χ0v) is 20.6. The van der Waals surface area contributed by atoms with Crippen molar-refractivity contribution in [2.45, 2.75) is 58.9 Å². The van der Waals surface area contributed by atoms with E-state index in [1.54, 1.807) is 0 Å². The van der Waals surface area contributed by atoms with Crippen LogP contribution in [-0.4, -0.2) is 47.6 Å². The molecule has 1 aliphatic carbocycles. The van der Waals surface area contributed by atoms with Crippen LogP contribution in [0.1, 0.15) is 62.3 Å². The summed E-state index contributed by atoms with van der Waals surface area (Å²) in [6, 6.07) is 16.9. The van der Waals surface area contributed by atoms with Gasteiger partial charge in [-0.2, -0.15) is 0 Å². The Bertz CT molecular complexity index is 1040. The first-order valence-electron chi connectivity index (χ1n) is 12.4. The minimum absolute atomic E-state index is 0.0148. The number of fused-ring (bicyclic) bond motifs is 2. The van der Waals surface area contributed by atoms with Gasteiger partial charge in [-0.25, -0.2) is 0 Å². The lowest BCUT2D eigenvalue weighted by atomic mass is 9.86. The van der Waals surface area contributed by atoms with E-state index in [2.05, 4.69) is 53.8 Å². The number of carbonyl (C=O) groups is 2. The summed E-state index contributed by atoms with van der Waals surface area (Å²) in [7, 11) is 0. The average Bonchev–Trinajstić information content (AvgIpc) is 3.00. The number of rotatable bonds is 4. The van der Waals surface area contributed by atoms with Gasteiger partial charge in [0.05, 0.1) is 12.6 Å². The maximum absolute atomic E-state index is 13.0. The van der Waals surface area contributed by atoms with Crippen molar-refractivity contribution < 1.29 is 14.7 Å². The summed E-state index contributed by atoms with van der Waals surface area (Å²) in [5.74, 6) is -0.172. The standard InChI is InChI=1S/C29H36N2O3/c1-29(2,3)28(34)30-23(19-32)18-26(33)31-16-14-22(15-17-31)27-24-10-6-4-8-20(24)12-13-21-9-5-7-11-25(21)27/h4-11,23,32H,12-19H2,1-3H3,(H,30,34)/t23-/m0/s1. The number of likely N-dealkylation sites (tertiary alicyclic amines) is 1. The SMILES string of the molecule is CC(C)(C)C(=O)N[C@H](CO)CC(=O)N1CCC(=C2c3ccccc3CCc3ccccc32)CC1. The summed E-state index contributed by atoms with van der Waals surface area (Å²) >= 11 is 0. The second-order valence-corrected chi connectivity index (χ2v) is 10.5. The molecule has 0 spiro atoms. The van der Waals surface area contributed by atoms with E-state index in [1.807, 2.05) is 25.7 Å². The number of nitrogens with zero attached hydrogens (tertiary/aromatic N) is 1. The number of benzene rings is 2. The van der Waals surface area contributed by atoms with Crippen molar-refractivity contribution in [1.82, 2.24) is 10.2 Å². The first-order chi connectivity index (χ1) is 16.3. The van der Waals surface area contributed by atoms with Crippen LogP contribution in [-0.2, 0) is 22.4 Å². The summed E-state index contributed by atoms with van der Waals surface area (Å²) in [5, 5.41) is 12.5. The molecule has 0 aromatic heterocycles. The smallest absolute Gasteiger partial charge is 0.225 e. The first kappa shape index (κ1) is 24.2. The number of amides is 2. The summed E-state index contributed by atoms with van der Waals surface area (Å²) in [4.78, 5) is 27.1. The van der Waals surface area contributed by atoms with Crippen LogP contribution in [0, 0.1) is 5.41 Å². The van der Waals surface area contributed by atoms with Crippen molar-refractivity contribution in [1.29, 1.82) is 0 Å². The molecule has 5 heteroatoms. The Balaban J connectivity index is 1.51. The molecule has 1 heterocycles. The van der Waals surface area contributed by atoms with Crippen LogP contribution in [0.4, 0.5) is 0 Å². The largest absolute Gasteiger partial charge is 0.394 e. The zero-order chi connectivity index (χ0) is 24.3. The van der Waals surface area contributed by atoms with Gasteiger partial charge >= 0.3 is 0 Å². The molecule has 1 saturated heterocycles. The molecule has 4 rings (SSSR count). The van der Waals surface area contributed by atoms with E-state index in [1.165, 1.54) is 33.4 Å². The lowest BCUT2D eigenvalue weighted by molar-refractivity contribution is -0.133. The van der Waals surface area contributed by atoms with Crippen molar-refractivity contribution in [2.75, 3.05) is 19.7 Å². The van der Waals surface area contributed by atoms with E-state index in [4.69, 9.17) is 0 Å². The van der Waals surface area contributed by atoms with Gasteiger partial charge in [0.2, 0.25) is 11.8 Å². The fourth-order valence-corrected chi connectivity index (χ4v) is 4.94. The maximum atomic E-state index is 13.0. The number of aliphatic hydroxyl groups is 1. The highest BCUT2D eigenvalue weighted by atomic mass is 16.3. The fraction of sp³-hybridized carbons (Fsp3) is 0.448. The van der Waals surface area contributed by atoms with E-state index in [9.17, 15) is 14.7 Å². The number of piperidine rings is 1. The molecule has 2 aliphatic rings. The average molecular weight is 461 g/mol. The van der Waals surface area contributed by atoms with Gasteiger partial charge in [-0.05, 0) is 53.5 Å². The third-order valence-corrected chi connectivity index (χ3v) is 6.97. The quantitative estimate of drug-likeness (QED) is 0.721. The van der Waals surface area contributed by atoms with Crippen LogP contribution in [0.3, 0.4) is 0 Å². The van der Waals surface area contributed by atoms with E-state index in [0.29, 0.717) is 13.1 Å². The van der Waals surface area contributed by atoms with Gasteiger partial charge in [0, 0.05) is 24.9 Å². The van der Waals surface area contributed by atoms with Crippen LogP contribution in [0.25, 0.3) is 5.57 Å². The van der Waals surface area contributed by atoms with Crippen molar-refractivity contribution >= 4 is 17.4 Å². The molecule has 2 aromatic carbocycles. The second-order valence-electron chi connectivity index (χ2n) is 10.5. The van der Waals surface area contributed by atoms with E-state index in [-0.39, 0.29) is 24.8 Å². The van der Waals surface area contributed by atoms with Gasteiger partial charge in [0.15, 0.2) is 0 Å². The third-order valence-electron chi connectivity index (χ3n) is 6.97. The lowest BCUT2D eigenvalue weighted by Gasteiger charge is -2.32. The molecule has 1 atom stereocenters. The normalized spacial score (nSPS) is 16.9. The number of aryl methyl sites for hydroxylation is 2. The first-order valence-corrected chi connectivity index (χ1v) is 12.4. The van der Waals surface area contributed by atoms with Gasteiger partial charge in [0.25, 0.3) is 0 Å². The van der Waals surface area contributed by atoms with Crippen LogP contribution in [0.15, 0.2) is 54.1 Å². The highest BCUT2D eigenvalue weighted by Crippen LogP contribution is 2.38. The van der Waals surface area contributed by atoms with E-state index in [0.717, 1.165) is 25.7 Å². The van der Waals surface area contributed by atoms with E-state index >= 15 is 0 Å². The van der Waals surface area contributed by atoms with Gasteiger partial charge in [-0.1, -0.05) is 74.9 Å². The predicted molar refractivity (Wildman–Crippen MR) is 135 cm³/mol. The lowest BCUT2D eigenvalue weighted by Crippen LogP contribution is -2.47. The number of hydrogen-bond acceptors (Lipinski definition) is 3. The molecule has 0 unspecified atom stereocenters. The van der Waals surface area contributed by atoms with Crippen LogP contribution >= 0.6 is 0 Å². The predicted octanol–water partition coefficient (Wildman–Crippen LogP) is 4.12. The topological polar surface area (TPSA) is 69.6 Å². The molecule has 0 radical (unpaired) electrons. The Kier molecular flexibility index (Phi) is 7.22. The molecule has 2 amide bonds.